The number of carbonyl (C=O) groups is 2. The Bertz CT molecular complexity index is 995. The molecule has 0 atom stereocenters. The number of hydrogen-bond acceptors (Lipinski definition) is 6. The average molecular weight is 476 g/mol. The second-order valence-corrected chi connectivity index (χ2v) is 10.0. The zero-order valence-electron chi connectivity index (χ0n) is 20.6. The molecular formula is C24H37N5O3S. The van der Waals surface area contributed by atoms with E-state index in [1.807, 2.05) is 12.1 Å². The molecule has 1 aromatic heterocycles. The maximum Gasteiger partial charge on any atom is 0.321 e. The predicted octanol–water partition coefficient (Wildman–Crippen LogP) is 3.48. The van der Waals surface area contributed by atoms with E-state index in [1.165, 1.54) is 0 Å². The largest absolute Gasteiger partial charge is 0.338 e. The van der Waals surface area contributed by atoms with Crippen LogP contribution >= 0.6 is 11.8 Å². The highest BCUT2D eigenvalue weighted by Gasteiger charge is 2.18. The molecule has 0 aliphatic rings. The zero-order chi connectivity index (χ0) is 24.5. The Labute approximate surface area is 200 Å². The number of nitrogens with one attached hydrogen (secondary N) is 2. The van der Waals surface area contributed by atoms with Gasteiger partial charge in [0.1, 0.15) is 0 Å². The van der Waals surface area contributed by atoms with Crippen molar-refractivity contribution in [1.82, 2.24) is 25.1 Å². The lowest BCUT2D eigenvalue weighted by Crippen LogP contribution is -2.41. The number of nitrogens with zero attached hydrogens (tertiary/aromatic N) is 3. The number of hydrogen-bond donors (Lipinski definition) is 2. The van der Waals surface area contributed by atoms with Crippen LogP contribution in [0, 0.1) is 5.92 Å². The number of amides is 3. The van der Waals surface area contributed by atoms with Crippen molar-refractivity contribution in [3.05, 3.63) is 34.6 Å². The molecule has 2 aromatic rings. The van der Waals surface area contributed by atoms with Crippen LogP contribution < -0.4 is 16.2 Å². The molecule has 1 heterocycles. The lowest BCUT2D eigenvalue weighted by Gasteiger charge is -2.30. The Morgan fingerprint density at radius 3 is 2.39 bits per heavy atom. The van der Waals surface area contributed by atoms with Crippen molar-refractivity contribution in [2.75, 3.05) is 18.8 Å². The summed E-state index contributed by atoms with van der Waals surface area (Å²) in [6.45, 7) is 14.3. The first-order valence-corrected chi connectivity index (χ1v) is 12.5. The molecule has 0 aliphatic heterocycles. The smallest absolute Gasteiger partial charge is 0.321 e. The van der Waals surface area contributed by atoms with Crippen LogP contribution in [0.5, 0.6) is 0 Å². The van der Waals surface area contributed by atoms with Crippen molar-refractivity contribution in [3.63, 3.8) is 0 Å². The summed E-state index contributed by atoms with van der Waals surface area (Å²) in [5.41, 5.74) is 0.472. The first kappa shape index (κ1) is 26.9. The molecule has 0 unspecified atom stereocenters. The molecule has 0 aliphatic carbocycles. The van der Waals surface area contributed by atoms with Crippen LogP contribution in [0.15, 0.2) is 34.2 Å². The fraction of sp³-hybridized carbons (Fsp3) is 0.583. The highest BCUT2D eigenvalue weighted by Crippen LogP contribution is 2.18. The van der Waals surface area contributed by atoms with E-state index in [2.05, 4.69) is 62.1 Å². The monoisotopic (exact) mass is 475 g/mol. The molecule has 8 nitrogen and oxygen atoms in total. The molecule has 2 rings (SSSR count). The summed E-state index contributed by atoms with van der Waals surface area (Å²) < 4.78 is 1.64. The maximum absolute atomic E-state index is 13.2. The van der Waals surface area contributed by atoms with E-state index in [-0.39, 0.29) is 11.3 Å². The van der Waals surface area contributed by atoms with Crippen molar-refractivity contribution >= 4 is 34.6 Å². The van der Waals surface area contributed by atoms with Crippen molar-refractivity contribution in [1.29, 1.82) is 0 Å². The number of rotatable bonds is 11. The summed E-state index contributed by atoms with van der Waals surface area (Å²) in [6, 6.07) is 7.39. The van der Waals surface area contributed by atoms with E-state index < -0.39 is 11.9 Å². The fourth-order valence-corrected chi connectivity index (χ4v) is 4.42. The van der Waals surface area contributed by atoms with Gasteiger partial charge in [0.25, 0.3) is 5.56 Å². The standard InChI is InChI=1S/C24H37N5O3S/c1-16(2)11-12-25-23(32)27-21(30)15-33-24-26-20-10-8-7-9-19(20)22(31)29(24)14-13-28(17(3)4)18(5)6/h7-10,16-18H,11-15H2,1-6H3,(H2,25,27,30,32). The predicted molar refractivity (Wildman–Crippen MR) is 135 cm³/mol. The van der Waals surface area contributed by atoms with Gasteiger partial charge in [0.05, 0.1) is 16.7 Å². The molecule has 0 saturated heterocycles. The van der Waals surface area contributed by atoms with Crippen LogP contribution in [-0.4, -0.2) is 57.3 Å². The summed E-state index contributed by atoms with van der Waals surface area (Å²) >= 11 is 1.16. The number of thioether (sulfide) groups is 1. The van der Waals surface area contributed by atoms with Gasteiger partial charge in [0, 0.05) is 31.7 Å². The van der Waals surface area contributed by atoms with E-state index in [9.17, 15) is 14.4 Å². The molecule has 0 saturated carbocycles. The number of fused-ring (bicyclic) bond motifs is 1. The van der Waals surface area contributed by atoms with Gasteiger partial charge in [0.15, 0.2) is 5.16 Å². The number of para-hydroxylation sites is 1. The van der Waals surface area contributed by atoms with Gasteiger partial charge >= 0.3 is 6.03 Å². The Morgan fingerprint density at radius 1 is 1.09 bits per heavy atom. The lowest BCUT2D eigenvalue weighted by atomic mass is 10.1. The number of carbonyl (C=O) groups excluding carboxylic acids is 2. The van der Waals surface area contributed by atoms with E-state index in [0.29, 0.717) is 53.7 Å². The molecule has 0 fully saturated rings. The Balaban J connectivity index is 2.15. The number of imide groups is 1. The van der Waals surface area contributed by atoms with E-state index in [1.54, 1.807) is 16.7 Å². The van der Waals surface area contributed by atoms with Crippen LogP contribution in [0.3, 0.4) is 0 Å². The van der Waals surface area contributed by atoms with Crippen molar-refractivity contribution in [3.8, 4) is 0 Å². The SMILES string of the molecule is CC(C)CCNC(=O)NC(=O)CSc1nc2ccccc2c(=O)n1CCN(C(C)C)C(C)C. The van der Waals surface area contributed by atoms with Crippen LogP contribution in [0.25, 0.3) is 10.9 Å². The summed E-state index contributed by atoms with van der Waals surface area (Å²) in [5, 5.41) is 6.05. The Kier molecular flexibility index (Phi) is 10.4. The highest BCUT2D eigenvalue weighted by atomic mass is 32.2. The summed E-state index contributed by atoms with van der Waals surface area (Å²) in [6.07, 6.45) is 0.841. The third-order valence-corrected chi connectivity index (χ3v) is 6.30. The molecule has 9 heteroatoms. The minimum Gasteiger partial charge on any atom is -0.338 e. The molecule has 182 valence electrons. The Hall–Kier alpha value is -2.39. The van der Waals surface area contributed by atoms with Gasteiger partial charge in [-0.25, -0.2) is 9.78 Å². The van der Waals surface area contributed by atoms with E-state index >= 15 is 0 Å². The van der Waals surface area contributed by atoms with E-state index in [0.717, 1.165) is 18.2 Å². The number of aromatic nitrogens is 2. The topological polar surface area (TPSA) is 96.3 Å². The fourth-order valence-electron chi connectivity index (χ4n) is 3.59. The average Bonchev–Trinajstić information content (AvgIpc) is 2.73. The third-order valence-electron chi connectivity index (χ3n) is 5.33. The van der Waals surface area contributed by atoms with Crippen molar-refractivity contribution in [2.45, 2.75) is 71.7 Å². The summed E-state index contributed by atoms with van der Waals surface area (Å²) in [5.74, 6) is 0.0251. The zero-order valence-corrected chi connectivity index (χ0v) is 21.4. The summed E-state index contributed by atoms with van der Waals surface area (Å²) in [7, 11) is 0. The second kappa shape index (κ2) is 12.7. The van der Waals surface area contributed by atoms with Crippen molar-refractivity contribution in [2.24, 2.45) is 5.92 Å². The van der Waals surface area contributed by atoms with Crippen LogP contribution in [0.2, 0.25) is 0 Å². The summed E-state index contributed by atoms with van der Waals surface area (Å²) in [4.78, 5) is 44.4. The molecule has 33 heavy (non-hydrogen) atoms. The Morgan fingerprint density at radius 2 is 1.76 bits per heavy atom. The molecule has 3 amide bonds. The second-order valence-electron chi connectivity index (χ2n) is 9.07. The van der Waals surface area contributed by atoms with Gasteiger partial charge < -0.3 is 5.32 Å². The molecule has 1 aromatic carbocycles. The van der Waals surface area contributed by atoms with Gasteiger partial charge in [-0.05, 0) is 52.2 Å². The molecule has 0 bridgehead atoms. The first-order valence-electron chi connectivity index (χ1n) is 11.6. The van der Waals surface area contributed by atoms with Gasteiger partial charge in [-0.2, -0.15) is 0 Å². The quantitative estimate of drug-likeness (QED) is 0.382. The maximum atomic E-state index is 13.2. The first-order chi connectivity index (χ1) is 15.6. The minimum atomic E-state index is -0.505. The number of urea groups is 1. The van der Waals surface area contributed by atoms with Crippen molar-refractivity contribution < 1.29 is 9.59 Å². The molecule has 0 radical (unpaired) electrons. The minimum absolute atomic E-state index is 0.0134. The number of benzene rings is 1. The van der Waals surface area contributed by atoms with Gasteiger partial charge in [-0.15, -0.1) is 0 Å². The molecule has 2 N–H and O–H groups in total. The van der Waals surface area contributed by atoms with Gasteiger partial charge in [0.2, 0.25) is 5.91 Å². The van der Waals surface area contributed by atoms with Crippen LogP contribution in [0.4, 0.5) is 4.79 Å². The van der Waals surface area contributed by atoms with Gasteiger partial charge in [-0.1, -0.05) is 37.7 Å². The molecule has 0 spiro atoms. The normalized spacial score (nSPS) is 11.7. The molecular weight excluding hydrogens is 438 g/mol. The van der Waals surface area contributed by atoms with Crippen LogP contribution in [-0.2, 0) is 11.3 Å². The highest BCUT2D eigenvalue weighted by molar-refractivity contribution is 7.99. The van der Waals surface area contributed by atoms with E-state index in [4.69, 9.17) is 0 Å². The third kappa shape index (κ3) is 8.16. The van der Waals surface area contributed by atoms with Gasteiger partial charge in [-0.3, -0.25) is 24.4 Å². The van der Waals surface area contributed by atoms with Crippen LogP contribution in [0.1, 0.15) is 48.0 Å². The lowest BCUT2D eigenvalue weighted by molar-refractivity contribution is -0.117.